The van der Waals surface area contributed by atoms with E-state index in [-0.39, 0.29) is 12.2 Å². The highest BCUT2D eigenvalue weighted by atomic mass is 16.7. The number of hydrogen-bond acceptors (Lipinski definition) is 5. The van der Waals surface area contributed by atoms with Crippen molar-refractivity contribution >= 4 is 11.6 Å². The summed E-state index contributed by atoms with van der Waals surface area (Å²) in [7, 11) is 4.09. The molecule has 2 rings (SSSR count). The molecule has 0 bridgehead atoms. The lowest BCUT2D eigenvalue weighted by atomic mass is 9.94. The molecule has 0 atom stereocenters. The van der Waals surface area contributed by atoms with Crippen LogP contribution < -0.4 is 25.8 Å². The number of hydrogen-bond donors (Lipinski definition) is 3. The summed E-state index contributed by atoms with van der Waals surface area (Å²) in [6.45, 7) is 7.43. The summed E-state index contributed by atoms with van der Waals surface area (Å²) in [6, 6.07) is 5.76. The van der Waals surface area contributed by atoms with Crippen LogP contribution in [0.3, 0.4) is 0 Å². The van der Waals surface area contributed by atoms with Crippen LogP contribution in [0.25, 0.3) is 0 Å². The Balaban J connectivity index is 2.05. The second kappa shape index (κ2) is 8.21. The molecule has 1 heterocycles. The molecule has 1 aliphatic heterocycles. The van der Waals surface area contributed by atoms with Gasteiger partial charge in [-0.15, -0.1) is 0 Å². The molecule has 0 aromatic heterocycles. The lowest BCUT2D eigenvalue weighted by Crippen LogP contribution is -2.37. The van der Waals surface area contributed by atoms with E-state index in [9.17, 15) is 0 Å². The van der Waals surface area contributed by atoms with Gasteiger partial charge >= 0.3 is 0 Å². The first-order valence-electron chi connectivity index (χ1n) is 8.19. The first kappa shape index (κ1) is 18.4. The van der Waals surface area contributed by atoms with Crippen LogP contribution in [0, 0.1) is 5.41 Å². The summed E-state index contributed by atoms with van der Waals surface area (Å²) in [6.07, 6.45) is 0. The number of guanidine groups is 1. The average Bonchev–Trinajstić information content (AvgIpc) is 3.00. The summed E-state index contributed by atoms with van der Waals surface area (Å²) in [5.74, 6) is 2.25. The number of nitrogens with two attached hydrogens (primary N) is 1. The van der Waals surface area contributed by atoms with Gasteiger partial charge in [-0.3, -0.25) is 4.99 Å². The highest BCUT2D eigenvalue weighted by molar-refractivity contribution is 5.94. The Morgan fingerprint density at radius 2 is 2.04 bits per heavy atom. The molecule has 7 heteroatoms. The first-order chi connectivity index (χ1) is 11.4. The highest BCUT2D eigenvalue weighted by Crippen LogP contribution is 2.34. The van der Waals surface area contributed by atoms with E-state index in [2.05, 4.69) is 34.4 Å². The number of benzene rings is 1. The minimum Gasteiger partial charge on any atom is -0.454 e. The number of nitrogens with zero attached hydrogens (tertiary/aromatic N) is 2. The number of aliphatic imine (C=N–C) groups is 1. The van der Waals surface area contributed by atoms with Gasteiger partial charge < -0.3 is 30.7 Å². The number of ether oxygens (including phenoxy) is 2. The zero-order valence-electron chi connectivity index (χ0n) is 15.1. The zero-order valence-corrected chi connectivity index (χ0v) is 15.1. The molecule has 0 saturated heterocycles. The van der Waals surface area contributed by atoms with E-state index in [4.69, 9.17) is 15.2 Å². The number of anilines is 1. The second-order valence-electron chi connectivity index (χ2n) is 6.96. The van der Waals surface area contributed by atoms with Gasteiger partial charge in [0.15, 0.2) is 17.5 Å². The molecule has 24 heavy (non-hydrogen) atoms. The van der Waals surface area contributed by atoms with Crippen LogP contribution in [0.2, 0.25) is 0 Å². The van der Waals surface area contributed by atoms with E-state index < -0.39 is 0 Å². The van der Waals surface area contributed by atoms with Crippen molar-refractivity contribution in [3.8, 4) is 11.5 Å². The number of fused-ring (bicyclic) bond motifs is 1. The van der Waals surface area contributed by atoms with Gasteiger partial charge in [0.2, 0.25) is 6.79 Å². The van der Waals surface area contributed by atoms with Crippen LogP contribution in [0.5, 0.6) is 11.5 Å². The molecule has 1 aromatic rings. The maximum atomic E-state index is 5.80. The molecule has 0 unspecified atom stereocenters. The fourth-order valence-corrected chi connectivity index (χ4v) is 2.01. The smallest absolute Gasteiger partial charge is 0.231 e. The Labute approximate surface area is 144 Å². The van der Waals surface area contributed by atoms with Crippen LogP contribution in [0.1, 0.15) is 13.8 Å². The molecule has 7 nitrogen and oxygen atoms in total. The predicted octanol–water partition coefficient (Wildman–Crippen LogP) is 1.32. The van der Waals surface area contributed by atoms with Gasteiger partial charge in [-0.05, 0) is 38.2 Å². The van der Waals surface area contributed by atoms with Crippen LogP contribution in [0.4, 0.5) is 5.69 Å². The molecular formula is C17H29N5O2. The Bertz CT molecular complexity index is 572. The fourth-order valence-electron chi connectivity index (χ4n) is 2.01. The van der Waals surface area contributed by atoms with Crippen LogP contribution >= 0.6 is 0 Å². The molecule has 134 valence electrons. The van der Waals surface area contributed by atoms with Crippen molar-refractivity contribution in [1.29, 1.82) is 0 Å². The highest BCUT2D eigenvalue weighted by Gasteiger charge is 2.16. The SMILES string of the molecule is CN(C)CCNC(=NCC(C)(C)CN)Nc1ccc2c(c1)OCO2. The zero-order chi connectivity index (χ0) is 17.6. The second-order valence-corrected chi connectivity index (χ2v) is 6.96. The summed E-state index contributed by atoms with van der Waals surface area (Å²) < 4.78 is 10.8. The molecular weight excluding hydrogens is 306 g/mol. The van der Waals surface area contributed by atoms with Crippen molar-refractivity contribution in [1.82, 2.24) is 10.2 Å². The molecule has 1 aromatic carbocycles. The van der Waals surface area contributed by atoms with E-state index in [0.717, 1.165) is 36.2 Å². The van der Waals surface area contributed by atoms with E-state index in [0.29, 0.717) is 13.1 Å². The van der Waals surface area contributed by atoms with E-state index in [1.165, 1.54) is 0 Å². The van der Waals surface area contributed by atoms with Crippen molar-refractivity contribution in [2.45, 2.75) is 13.8 Å². The molecule has 0 radical (unpaired) electrons. The quantitative estimate of drug-likeness (QED) is 0.515. The van der Waals surface area contributed by atoms with E-state index >= 15 is 0 Å². The monoisotopic (exact) mass is 335 g/mol. The third kappa shape index (κ3) is 5.58. The van der Waals surface area contributed by atoms with E-state index in [1.807, 2.05) is 32.3 Å². The van der Waals surface area contributed by atoms with Crippen molar-refractivity contribution < 1.29 is 9.47 Å². The Morgan fingerprint density at radius 3 is 2.75 bits per heavy atom. The third-order valence-corrected chi connectivity index (χ3v) is 3.70. The minimum absolute atomic E-state index is 0.0367. The molecule has 0 aliphatic carbocycles. The van der Waals surface area contributed by atoms with Crippen molar-refractivity contribution in [2.24, 2.45) is 16.1 Å². The van der Waals surface area contributed by atoms with Gasteiger partial charge in [0.25, 0.3) is 0 Å². The summed E-state index contributed by atoms with van der Waals surface area (Å²) >= 11 is 0. The molecule has 4 N–H and O–H groups in total. The van der Waals surface area contributed by atoms with Gasteiger partial charge in [-0.25, -0.2) is 0 Å². The first-order valence-corrected chi connectivity index (χ1v) is 8.19. The maximum absolute atomic E-state index is 5.80. The Hall–Kier alpha value is -1.99. The lowest BCUT2D eigenvalue weighted by Gasteiger charge is -2.21. The summed E-state index contributed by atoms with van der Waals surface area (Å²) in [5.41, 5.74) is 6.67. The van der Waals surface area contributed by atoms with E-state index in [1.54, 1.807) is 0 Å². The van der Waals surface area contributed by atoms with Gasteiger partial charge in [-0.2, -0.15) is 0 Å². The lowest BCUT2D eigenvalue weighted by molar-refractivity contribution is 0.174. The number of likely N-dealkylation sites (N-methyl/N-ethyl adjacent to an activating group) is 1. The van der Waals surface area contributed by atoms with Gasteiger partial charge in [-0.1, -0.05) is 13.8 Å². The van der Waals surface area contributed by atoms with Crippen LogP contribution in [-0.4, -0.2) is 57.9 Å². The average molecular weight is 335 g/mol. The minimum atomic E-state index is -0.0367. The number of nitrogens with one attached hydrogen (secondary N) is 2. The Morgan fingerprint density at radius 1 is 1.29 bits per heavy atom. The van der Waals surface area contributed by atoms with Crippen LogP contribution in [0.15, 0.2) is 23.2 Å². The maximum Gasteiger partial charge on any atom is 0.231 e. The third-order valence-electron chi connectivity index (χ3n) is 3.70. The standard InChI is InChI=1S/C17H29N5O2/c1-17(2,10-18)11-20-16(19-7-8-22(3)4)21-13-5-6-14-15(9-13)24-12-23-14/h5-6,9H,7-8,10-12,18H2,1-4H3,(H2,19,20,21). The topological polar surface area (TPSA) is 84.1 Å². The van der Waals surface area contributed by atoms with Crippen molar-refractivity contribution in [3.63, 3.8) is 0 Å². The van der Waals surface area contributed by atoms with Crippen LogP contribution in [-0.2, 0) is 0 Å². The normalized spacial score (nSPS) is 14.2. The van der Waals surface area contributed by atoms with Gasteiger partial charge in [0.1, 0.15) is 0 Å². The molecule has 0 amide bonds. The van der Waals surface area contributed by atoms with Gasteiger partial charge in [0.05, 0.1) is 0 Å². The number of rotatable bonds is 7. The molecule has 1 aliphatic rings. The van der Waals surface area contributed by atoms with Crippen molar-refractivity contribution in [3.05, 3.63) is 18.2 Å². The largest absolute Gasteiger partial charge is 0.454 e. The molecule has 0 spiro atoms. The summed E-state index contributed by atoms with van der Waals surface area (Å²) in [4.78, 5) is 6.80. The van der Waals surface area contributed by atoms with Gasteiger partial charge in [0, 0.05) is 31.4 Å². The van der Waals surface area contributed by atoms with Crippen molar-refractivity contribution in [2.75, 3.05) is 52.4 Å². The predicted molar refractivity (Wildman–Crippen MR) is 97.9 cm³/mol. The molecule has 0 saturated carbocycles. The Kier molecular flexibility index (Phi) is 6.28. The molecule has 0 fully saturated rings. The fraction of sp³-hybridized carbons (Fsp3) is 0.588. The summed E-state index contributed by atoms with van der Waals surface area (Å²) in [5, 5.41) is 6.67.